The fraction of sp³-hybridized carbons (Fsp3) is 0.0690. The molecule has 1 spiro atoms. The Hall–Kier alpha value is -7.22. The lowest BCUT2D eigenvalue weighted by molar-refractivity contribution is 0.660. The van der Waals surface area contributed by atoms with Gasteiger partial charge < -0.3 is 4.90 Å². The number of hydrogen-bond donors (Lipinski definition) is 0. The van der Waals surface area contributed by atoms with Crippen molar-refractivity contribution in [2.75, 3.05) is 4.90 Å². The highest BCUT2D eigenvalue weighted by Crippen LogP contribution is 2.63. The smallest absolute Gasteiger partial charge is 0.0726 e. The summed E-state index contributed by atoms with van der Waals surface area (Å²) in [5.41, 5.74) is 19.0. The first kappa shape index (κ1) is 32.8. The molecule has 0 saturated carbocycles. The van der Waals surface area contributed by atoms with E-state index in [1.165, 1.54) is 105 Å². The largest absolute Gasteiger partial charge is 0.310 e. The summed E-state index contributed by atoms with van der Waals surface area (Å²) in [5.74, 6) is 0. The normalized spacial score (nSPS) is 14.5. The highest BCUT2D eigenvalue weighted by Gasteiger charge is 2.51. The van der Waals surface area contributed by atoms with Gasteiger partial charge in [0.25, 0.3) is 0 Å². The van der Waals surface area contributed by atoms with Crippen molar-refractivity contribution in [2.45, 2.75) is 24.7 Å². The van der Waals surface area contributed by atoms with Gasteiger partial charge in [0.2, 0.25) is 0 Å². The van der Waals surface area contributed by atoms with Crippen molar-refractivity contribution in [1.82, 2.24) is 0 Å². The molecule has 0 heterocycles. The Morgan fingerprint density at radius 2 is 0.678 bits per heavy atom. The first-order valence-electron chi connectivity index (χ1n) is 20.9. The average molecular weight is 750 g/mol. The van der Waals surface area contributed by atoms with E-state index >= 15 is 0 Å². The highest BCUT2D eigenvalue weighted by molar-refractivity contribution is 6.28. The number of fused-ring (bicyclic) bond motifs is 19. The van der Waals surface area contributed by atoms with Gasteiger partial charge in [0.05, 0.1) is 11.1 Å². The summed E-state index contributed by atoms with van der Waals surface area (Å²) in [5, 5.41) is 7.62. The van der Waals surface area contributed by atoms with Crippen molar-refractivity contribution in [3.05, 3.63) is 234 Å². The maximum absolute atomic E-state index is 2.56. The fourth-order valence-corrected chi connectivity index (χ4v) is 11.6. The Morgan fingerprint density at radius 3 is 1.22 bits per heavy atom. The molecule has 1 nitrogen and oxygen atoms in total. The van der Waals surface area contributed by atoms with Gasteiger partial charge in [0.15, 0.2) is 0 Å². The van der Waals surface area contributed by atoms with E-state index in [9.17, 15) is 0 Å². The molecule has 0 aliphatic heterocycles. The zero-order chi connectivity index (χ0) is 39.0. The van der Waals surface area contributed by atoms with Crippen molar-refractivity contribution in [2.24, 2.45) is 0 Å². The van der Waals surface area contributed by atoms with Crippen LogP contribution < -0.4 is 4.90 Å². The van der Waals surface area contributed by atoms with Gasteiger partial charge in [-0.05, 0) is 124 Å². The molecule has 10 aromatic carbocycles. The van der Waals surface area contributed by atoms with E-state index in [-0.39, 0.29) is 5.41 Å². The van der Waals surface area contributed by atoms with Gasteiger partial charge >= 0.3 is 0 Å². The second-order valence-electron chi connectivity index (χ2n) is 17.1. The molecule has 276 valence electrons. The molecule has 0 saturated heterocycles. The van der Waals surface area contributed by atoms with Crippen LogP contribution in [0.1, 0.15) is 47.2 Å². The lowest BCUT2D eigenvalue weighted by Crippen LogP contribution is -2.26. The van der Waals surface area contributed by atoms with Crippen LogP contribution >= 0.6 is 0 Å². The third-order valence-corrected chi connectivity index (χ3v) is 14.1. The molecule has 0 amide bonds. The topological polar surface area (TPSA) is 3.24 Å². The van der Waals surface area contributed by atoms with Crippen molar-refractivity contribution >= 4 is 49.4 Å². The second kappa shape index (κ2) is 11.7. The van der Waals surface area contributed by atoms with Crippen LogP contribution in [-0.4, -0.2) is 0 Å². The molecule has 3 aliphatic rings. The van der Waals surface area contributed by atoms with Crippen molar-refractivity contribution < 1.29 is 0 Å². The van der Waals surface area contributed by atoms with Crippen LogP contribution in [0.15, 0.2) is 200 Å². The Labute approximate surface area is 344 Å². The molecule has 1 heteroatoms. The number of rotatable bonds is 3. The Balaban J connectivity index is 1.14. The quantitative estimate of drug-likeness (QED) is 0.163. The molecular formula is C58H39N. The van der Waals surface area contributed by atoms with Crippen molar-refractivity contribution in [3.63, 3.8) is 0 Å². The summed E-state index contributed by atoms with van der Waals surface area (Å²) in [6.07, 6.45) is 0. The third-order valence-electron chi connectivity index (χ3n) is 14.1. The van der Waals surface area contributed by atoms with Crippen LogP contribution in [0.3, 0.4) is 0 Å². The monoisotopic (exact) mass is 749 g/mol. The predicted molar refractivity (Wildman–Crippen MR) is 248 cm³/mol. The van der Waals surface area contributed by atoms with Crippen LogP contribution in [0.4, 0.5) is 17.1 Å². The first-order chi connectivity index (χ1) is 29.0. The van der Waals surface area contributed by atoms with Crippen LogP contribution in [0, 0.1) is 0 Å². The SMILES string of the molecule is CC1(C)c2ccccc2-c2ccc(N(c3ccc4c(c3)C3(c5ccccc5-c5ccccc53)c3ccccc3-4)c3cccc4c5ccccc5c5ccccc5c34)cc21. The molecule has 0 radical (unpaired) electrons. The van der Waals surface area contributed by atoms with Gasteiger partial charge in [-0.15, -0.1) is 0 Å². The van der Waals surface area contributed by atoms with Crippen molar-refractivity contribution in [3.8, 4) is 33.4 Å². The van der Waals surface area contributed by atoms with Gasteiger partial charge in [-0.1, -0.05) is 184 Å². The van der Waals surface area contributed by atoms with E-state index in [1.807, 2.05) is 0 Å². The van der Waals surface area contributed by atoms with Gasteiger partial charge in [0, 0.05) is 22.2 Å². The Kier molecular flexibility index (Phi) is 6.50. The molecule has 0 fully saturated rings. The lowest BCUT2D eigenvalue weighted by atomic mass is 9.70. The predicted octanol–water partition coefficient (Wildman–Crippen LogP) is 15.3. The van der Waals surface area contributed by atoms with Gasteiger partial charge in [-0.25, -0.2) is 0 Å². The van der Waals surface area contributed by atoms with E-state index in [1.54, 1.807) is 0 Å². The fourth-order valence-electron chi connectivity index (χ4n) is 11.6. The minimum absolute atomic E-state index is 0.143. The van der Waals surface area contributed by atoms with E-state index < -0.39 is 5.41 Å². The maximum atomic E-state index is 2.56. The Bertz CT molecular complexity index is 3330. The molecule has 0 unspecified atom stereocenters. The molecule has 0 atom stereocenters. The number of benzene rings is 10. The van der Waals surface area contributed by atoms with Crippen LogP contribution in [-0.2, 0) is 10.8 Å². The first-order valence-corrected chi connectivity index (χ1v) is 20.9. The standard InChI is InChI=1S/C58H39N/c1-57(2)49-25-11-7-19-41(49)45-32-30-36(34-53(45)57)59(55-29-15-24-48-40-17-4-3-16-38(40)39-18-5-6-23-47(39)56(48)55)37-31-33-46-44-22-10-14-28-52(44)58(54(46)35-37)50-26-12-8-20-42(50)43-21-9-13-27-51(43)58/h3-35H,1-2H3. The van der Waals surface area contributed by atoms with Crippen molar-refractivity contribution in [1.29, 1.82) is 0 Å². The highest BCUT2D eigenvalue weighted by atomic mass is 15.1. The second-order valence-corrected chi connectivity index (χ2v) is 17.1. The van der Waals surface area contributed by atoms with Gasteiger partial charge in [-0.3, -0.25) is 0 Å². The van der Waals surface area contributed by atoms with Gasteiger partial charge in [-0.2, -0.15) is 0 Å². The van der Waals surface area contributed by atoms with E-state index in [0.29, 0.717) is 0 Å². The molecular weight excluding hydrogens is 711 g/mol. The molecule has 59 heavy (non-hydrogen) atoms. The molecule has 0 aromatic heterocycles. The van der Waals surface area contributed by atoms with Crippen LogP contribution in [0.25, 0.3) is 65.7 Å². The average Bonchev–Trinajstić information content (AvgIpc) is 3.85. The zero-order valence-corrected chi connectivity index (χ0v) is 33.0. The summed E-state index contributed by atoms with van der Waals surface area (Å²) in [4.78, 5) is 2.56. The van der Waals surface area contributed by atoms with E-state index in [0.717, 1.165) is 11.4 Å². The molecule has 0 N–H and O–H groups in total. The maximum Gasteiger partial charge on any atom is 0.0726 e. The Morgan fingerprint density at radius 1 is 0.305 bits per heavy atom. The number of hydrogen-bond acceptors (Lipinski definition) is 1. The summed E-state index contributed by atoms with van der Waals surface area (Å²) in [6.45, 7) is 4.77. The summed E-state index contributed by atoms with van der Waals surface area (Å²) < 4.78 is 0. The van der Waals surface area contributed by atoms with Crippen LogP contribution in [0.5, 0.6) is 0 Å². The third kappa shape index (κ3) is 4.14. The molecule has 0 bridgehead atoms. The minimum Gasteiger partial charge on any atom is -0.310 e. The molecule has 13 rings (SSSR count). The lowest BCUT2D eigenvalue weighted by Gasteiger charge is -2.33. The number of anilines is 3. The number of nitrogens with zero attached hydrogens (tertiary/aromatic N) is 1. The minimum atomic E-state index is -0.440. The summed E-state index contributed by atoms with van der Waals surface area (Å²) in [7, 11) is 0. The van der Waals surface area contributed by atoms with Gasteiger partial charge in [0.1, 0.15) is 0 Å². The molecule has 3 aliphatic carbocycles. The van der Waals surface area contributed by atoms with Crippen LogP contribution in [0.2, 0.25) is 0 Å². The zero-order valence-electron chi connectivity index (χ0n) is 33.0. The molecule has 10 aromatic rings. The van der Waals surface area contributed by atoms with E-state index in [4.69, 9.17) is 0 Å². The summed E-state index contributed by atoms with van der Waals surface area (Å²) >= 11 is 0. The summed E-state index contributed by atoms with van der Waals surface area (Å²) in [6, 6.07) is 75.6. The van der Waals surface area contributed by atoms with E-state index in [2.05, 4.69) is 219 Å².